The van der Waals surface area contributed by atoms with Gasteiger partial charge in [-0.05, 0) is 53.9 Å². The van der Waals surface area contributed by atoms with E-state index in [9.17, 15) is 18.3 Å². The topological polar surface area (TPSA) is 109 Å². The number of amides is 1. The van der Waals surface area contributed by atoms with E-state index in [1.165, 1.54) is 18.2 Å². The smallest absolute Gasteiger partial charge is 0.241 e. The van der Waals surface area contributed by atoms with Crippen molar-refractivity contribution in [2.24, 2.45) is 5.14 Å². The number of sulfonamides is 1. The number of benzene rings is 2. The first-order valence-electron chi connectivity index (χ1n) is 7.14. The van der Waals surface area contributed by atoms with Gasteiger partial charge in [-0.3, -0.25) is 4.79 Å². The highest BCUT2D eigenvalue weighted by Crippen LogP contribution is 2.32. The van der Waals surface area contributed by atoms with E-state index >= 15 is 0 Å². The number of carbonyl (C=O) groups is 1. The van der Waals surface area contributed by atoms with E-state index in [1.807, 2.05) is 0 Å². The Hall–Kier alpha value is -1.80. The van der Waals surface area contributed by atoms with E-state index in [0.29, 0.717) is 16.1 Å². The second kappa shape index (κ2) is 7.61. The number of halogens is 2. The quantitative estimate of drug-likeness (QED) is 0.667. The van der Waals surface area contributed by atoms with Gasteiger partial charge in [0.2, 0.25) is 15.9 Å². The maximum atomic E-state index is 11.4. The number of carbonyl (C=O) groups excluding carboxylic acids is 1. The van der Waals surface area contributed by atoms with Crippen LogP contribution in [0.1, 0.15) is 18.5 Å². The van der Waals surface area contributed by atoms with Gasteiger partial charge in [-0.15, -0.1) is 11.6 Å². The highest BCUT2D eigenvalue weighted by Gasteiger charge is 2.16. The van der Waals surface area contributed by atoms with Gasteiger partial charge < -0.3 is 10.4 Å². The lowest BCUT2D eigenvalue weighted by atomic mass is 10.00. The second-order valence-corrected chi connectivity index (χ2v) is 7.66. The number of hydrogen-bond acceptors (Lipinski definition) is 4. The molecule has 25 heavy (non-hydrogen) atoms. The fourth-order valence-electron chi connectivity index (χ4n) is 2.33. The van der Waals surface area contributed by atoms with Crippen LogP contribution in [-0.4, -0.2) is 25.3 Å². The van der Waals surface area contributed by atoms with E-state index in [1.54, 1.807) is 25.1 Å². The van der Waals surface area contributed by atoms with Crippen molar-refractivity contribution in [2.75, 3.05) is 5.88 Å². The number of phenolic OH excluding ortho intramolecular Hbond substituents is 1. The summed E-state index contributed by atoms with van der Waals surface area (Å²) < 4.78 is 22.8. The van der Waals surface area contributed by atoms with E-state index in [-0.39, 0.29) is 22.7 Å². The van der Waals surface area contributed by atoms with Crippen molar-refractivity contribution in [3.63, 3.8) is 0 Å². The number of alkyl halides is 1. The molecule has 0 heterocycles. The minimum Gasteiger partial charge on any atom is -0.507 e. The Morgan fingerprint density at radius 2 is 1.92 bits per heavy atom. The van der Waals surface area contributed by atoms with Crippen LogP contribution in [-0.2, 0) is 14.8 Å². The molecule has 134 valence electrons. The van der Waals surface area contributed by atoms with Gasteiger partial charge in [0.25, 0.3) is 0 Å². The Labute approximate surface area is 155 Å². The van der Waals surface area contributed by atoms with E-state index in [0.717, 1.165) is 5.56 Å². The number of aromatic hydroxyl groups is 1. The van der Waals surface area contributed by atoms with Crippen LogP contribution in [0.3, 0.4) is 0 Å². The summed E-state index contributed by atoms with van der Waals surface area (Å²) in [6.07, 6.45) is 0. The van der Waals surface area contributed by atoms with E-state index in [2.05, 4.69) is 5.32 Å². The van der Waals surface area contributed by atoms with Gasteiger partial charge in [0, 0.05) is 5.02 Å². The molecule has 9 heteroatoms. The largest absolute Gasteiger partial charge is 0.507 e. The average molecular weight is 403 g/mol. The first-order valence-corrected chi connectivity index (χ1v) is 9.59. The molecule has 0 fully saturated rings. The lowest BCUT2D eigenvalue weighted by molar-refractivity contribution is -0.119. The Bertz CT molecular complexity index is 916. The number of phenols is 1. The standard InChI is InChI=1S/C16H16Cl2N2O4S/c1-9(20-16(22)8-17)11-4-12(6-13(18)5-11)10-2-3-15(14(21)7-10)25(19,23)24/h2-7,9,21H,8H2,1H3,(H,20,22)(H2,19,23,24). The molecule has 0 saturated carbocycles. The molecule has 2 aromatic rings. The monoisotopic (exact) mass is 402 g/mol. The molecule has 0 aliphatic carbocycles. The fraction of sp³-hybridized carbons (Fsp3) is 0.188. The molecule has 0 spiro atoms. The first-order chi connectivity index (χ1) is 11.6. The van der Waals surface area contributed by atoms with E-state index < -0.39 is 15.8 Å². The predicted molar refractivity (Wildman–Crippen MR) is 97.2 cm³/mol. The van der Waals surface area contributed by atoms with Crippen LogP contribution in [0.4, 0.5) is 0 Å². The van der Waals surface area contributed by atoms with Crippen LogP contribution in [0.5, 0.6) is 5.75 Å². The Balaban J connectivity index is 2.43. The third-order valence-corrected chi connectivity index (χ3v) is 4.94. The molecule has 1 amide bonds. The van der Waals surface area contributed by atoms with Crippen LogP contribution in [0.15, 0.2) is 41.3 Å². The molecule has 2 rings (SSSR count). The van der Waals surface area contributed by atoms with Crippen LogP contribution in [0.2, 0.25) is 5.02 Å². The highest BCUT2D eigenvalue weighted by molar-refractivity contribution is 7.89. The highest BCUT2D eigenvalue weighted by atomic mass is 35.5. The summed E-state index contributed by atoms with van der Waals surface area (Å²) >= 11 is 11.6. The summed E-state index contributed by atoms with van der Waals surface area (Å²) in [6, 6.07) is 8.82. The zero-order chi connectivity index (χ0) is 18.8. The van der Waals surface area contributed by atoms with Crippen LogP contribution < -0.4 is 10.5 Å². The van der Waals surface area contributed by atoms with Gasteiger partial charge in [0.05, 0.1) is 6.04 Å². The molecule has 0 aliphatic heterocycles. The summed E-state index contributed by atoms with van der Waals surface area (Å²) in [7, 11) is -4.01. The number of hydrogen-bond donors (Lipinski definition) is 3. The van der Waals surface area contributed by atoms with Crippen LogP contribution >= 0.6 is 23.2 Å². The Kier molecular flexibility index (Phi) is 5.95. The minimum atomic E-state index is -4.01. The molecule has 0 aliphatic rings. The van der Waals surface area contributed by atoms with Crippen molar-refractivity contribution in [1.29, 1.82) is 0 Å². The lowest BCUT2D eigenvalue weighted by Crippen LogP contribution is -2.27. The van der Waals surface area contributed by atoms with Crippen molar-refractivity contribution < 1.29 is 18.3 Å². The van der Waals surface area contributed by atoms with Gasteiger partial charge in [-0.2, -0.15) is 0 Å². The molecular formula is C16H16Cl2N2O4S. The van der Waals surface area contributed by atoms with Gasteiger partial charge in [-0.1, -0.05) is 17.7 Å². The predicted octanol–water partition coefficient (Wildman–Crippen LogP) is 2.78. The van der Waals surface area contributed by atoms with Crippen molar-refractivity contribution in [2.45, 2.75) is 17.9 Å². The Morgan fingerprint density at radius 1 is 1.24 bits per heavy atom. The molecule has 1 unspecified atom stereocenters. The summed E-state index contributed by atoms with van der Waals surface area (Å²) in [5, 5.41) is 18.1. The average Bonchev–Trinajstić information content (AvgIpc) is 2.52. The minimum absolute atomic E-state index is 0.152. The zero-order valence-electron chi connectivity index (χ0n) is 13.2. The molecule has 4 N–H and O–H groups in total. The maximum absolute atomic E-state index is 11.4. The molecular weight excluding hydrogens is 387 g/mol. The lowest BCUT2D eigenvalue weighted by Gasteiger charge is -2.16. The number of rotatable bonds is 5. The van der Waals surface area contributed by atoms with Crippen LogP contribution in [0.25, 0.3) is 11.1 Å². The van der Waals surface area contributed by atoms with Crippen molar-refractivity contribution in [1.82, 2.24) is 5.32 Å². The second-order valence-electron chi connectivity index (χ2n) is 5.42. The zero-order valence-corrected chi connectivity index (χ0v) is 15.5. The number of nitrogens with one attached hydrogen (secondary N) is 1. The van der Waals surface area contributed by atoms with Gasteiger partial charge in [0.1, 0.15) is 16.5 Å². The summed E-state index contributed by atoms with van der Waals surface area (Å²) in [5.74, 6) is -0.920. The number of primary sulfonamides is 1. The molecule has 0 radical (unpaired) electrons. The van der Waals surface area contributed by atoms with Gasteiger partial charge in [-0.25, -0.2) is 13.6 Å². The van der Waals surface area contributed by atoms with Gasteiger partial charge >= 0.3 is 0 Å². The van der Waals surface area contributed by atoms with Gasteiger partial charge in [0.15, 0.2) is 0 Å². The SMILES string of the molecule is CC(NC(=O)CCl)c1cc(Cl)cc(-c2ccc(S(N)(=O)=O)c(O)c2)c1. The summed E-state index contributed by atoms with van der Waals surface area (Å²) in [5.41, 5.74) is 1.92. The molecule has 6 nitrogen and oxygen atoms in total. The van der Waals surface area contributed by atoms with E-state index in [4.69, 9.17) is 28.3 Å². The van der Waals surface area contributed by atoms with Crippen molar-refractivity contribution in [3.8, 4) is 16.9 Å². The fourth-order valence-corrected chi connectivity index (χ4v) is 3.26. The Morgan fingerprint density at radius 3 is 2.48 bits per heavy atom. The van der Waals surface area contributed by atoms with Crippen LogP contribution in [0, 0.1) is 0 Å². The molecule has 0 aromatic heterocycles. The summed E-state index contributed by atoms with van der Waals surface area (Å²) in [4.78, 5) is 11.1. The third kappa shape index (κ3) is 4.85. The number of nitrogens with two attached hydrogens (primary N) is 1. The molecule has 0 saturated heterocycles. The van der Waals surface area contributed by atoms with Crippen molar-refractivity contribution >= 4 is 39.1 Å². The normalized spacial score (nSPS) is 12.6. The van der Waals surface area contributed by atoms with Crippen molar-refractivity contribution in [3.05, 3.63) is 47.0 Å². The molecule has 2 aromatic carbocycles. The summed E-state index contributed by atoms with van der Waals surface area (Å²) in [6.45, 7) is 1.78. The molecule has 1 atom stereocenters. The third-order valence-electron chi connectivity index (χ3n) is 3.52. The molecule has 0 bridgehead atoms. The maximum Gasteiger partial charge on any atom is 0.241 e. The first kappa shape index (κ1) is 19.5.